The summed E-state index contributed by atoms with van der Waals surface area (Å²) in [5, 5.41) is 3.80. The molecule has 2 amide bonds. The molecule has 1 fully saturated rings. The van der Waals surface area contributed by atoms with Gasteiger partial charge in [-0.2, -0.15) is 0 Å². The molecule has 2 aliphatic rings. The normalized spacial score (nSPS) is 22.9. The first-order chi connectivity index (χ1) is 14.6. The zero-order chi connectivity index (χ0) is 22.3. The molecule has 164 valence electrons. The van der Waals surface area contributed by atoms with Gasteiger partial charge in [-0.25, -0.2) is 8.42 Å². The van der Waals surface area contributed by atoms with E-state index in [1.54, 1.807) is 17.0 Å². The SMILES string of the molecule is C[C@@H]1C[C@H](C(=O)N[C@@H]2CCc3cc(Cl)ccc32)N(C(=O)c2cccc(S(C)(=O)=O)c2)C1. The second-order valence-corrected chi connectivity index (χ2v) is 11.0. The van der Waals surface area contributed by atoms with Crippen molar-refractivity contribution in [1.29, 1.82) is 0 Å². The molecule has 0 radical (unpaired) electrons. The van der Waals surface area contributed by atoms with E-state index in [4.69, 9.17) is 11.6 Å². The number of amides is 2. The maximum Gasteiger partial charge on any atom is 0.254 e. The summed E-state index contributed by atoms with van der Waals surface area (Å²) >= 11 is 6.08. The summed E-state index contributed by atoms with van der Waals surface area (Å²) in [6, 6.07) is 11.0. The zero-order valence-electron chi connectivity index (χ0n) is 17.5. The van der Waals surface area contributed by atoms with Crippen LogP contribution in [0, 0.1) is 5.92 Å². The topological polar surface area (TPSA) is 83.6 Å². The molecule has 0 unspecified atom stereocenters. The number of likely N-dealkylation sites (tertiary alicyclic amines) is 1. The number of nitrogens with one attached hydrogen (secondary N) is 1. The molecule has 2 aromatic carbocycles. The number of fused-ring (bicyclic) bond motifs is 1. The van der Waals surface area contributed by atoms with Crippen molar-refractivity contribution in [3.05, 3.63) is 64.2 Å². The molecule has 6 nitrogen and oxygen atoms in total. The number of benzene rings is 2. The zero-order valence-corrected chi connectivity index (χ0v) is 19.0. The summed E-state index contributed by atoms with van der Waals surface area (Å²) in [7, 11) is -3.43. The Kier molecular flexibility index (Phi) is 5.83. The Morgan fingerprint density at radius 1 is 1.16 bits per heavy atom. The van der Waals surface area contributed by atoms with Gasteiger partial charge in [0.1, 0.15) is 6.04 Å². The molecule has 2 aromatic rings. The highest BCUT2D eigenvalue weighted by Gasteiger charge is 2.39. The minimum atomic E-state index is -3.43. The van der Waals surface area contributed by atoms with Crippen molar-refractivity contribution in [2.75, 3.05) is 12.8 Å². The Bertz CT molecular complexity index is 1150. The van der Waals surface area contributed by atoms with E-state index in [1.165, 1.54) is 12.1 Å². The first-order valence-corrected chi connectivity index (χ1v) is 12.6. The number of carbonyl (C=O) groups excluding carboxylic acids is 2. The lowest BCUT2D eigenvalue weighted by Gasteiger charge is -2.26. The predicted octanol–water partition coefficient (Wildman–Crippen LogP) is 3.40. The second kappa shape index (κ2) is 8.28. The number of hydrogen-bond acceptors (Lipinski definition) is 4. The number of rotatable bonds is 4. The smallest absolute Gasteiger partial charge is 0.254 e. The van der Waals surface area contributed by atoms with Crippen molar-refractivity contribution < 1.29 is 18.0 Å². The number of aryl methyl sites for hydroxylation is 1. The van der Waals surface area contributed by atoms with Crippen molar-refractivity contribution in [2.24, 2.45) is 5.92 Å². The monoisotopic (exact) mass is 460 g/mol. The first kappa shape index (κ1) is 21.8. The van der Waals surface area contributed by atoms with Gasteiger partial charge in [-0.05, 0) is 66.6 Å². The molecule has 4 rings (SSSR count). The minimum absolute atomic E-state index is 0.0906. The Labute approximate surface area is 187 Å². The molecule has 0 saturated carbocycles. The van der Waals surface area contributed by atoms with Crippen LogP contribution in [0.1, 0.15) is 47.3 Å². The summed E-state index contributed by atoms with van der Waals surface area (Å²) in [6.07, 6.45) is 3.33. The van der Waals surface area contributed by atoms with Gasteiger partial charge in [0.2, 0.25) is 5.91 Å². The quantitative estimate of drug-likeness (QED) is 0.757. The summed E-state index contributed by atoms with van der Waals surface area (Å²) in [6.45, 7) is 2.46. The van der Waals surface area contributed by atoms with Gasteiger partial charge in [0.05, 0.1) is 10.9 Å². The standard InChI is InChI=1S/C23H25ClN2O4S/c1-14-10-21(22(27)25-20-9-6-15-11-17(24)7-8-19(15)20)26(13-14)23(28)16-4-3-5-18(12-16)31(2,29)30/h3-5,7-8,11-12,14,20-21H,6,9-10,13H2,1-2H3,(H,25,27)/t14-,20-,21-/m1/s1. The van der Waals surface area contributed by atoms with Gasteiger partial charge < -0.3 is 10.2 Å². The van der Waals surface area contributed by atoms with E-state index in [0.717, 1.165) is 30.2 Å². The molecule has 31 heavy (non-hydrogen) atoms. The Morgan fingerprint density at radius 2 is 1.94 bits per heavy atom. The van der Waals surface area contributed by atoms with E-state index < -0.39 is 15.9 Å². The minimum Gasteiger partial charge on any atom is -0.347 e. The van der Waals surface area contributed by atoms with Crippen LogP contribution in [0.25, 0.3) is 0 Å². The fraction of sp³-hybridized carbons (Fsp3) is 0.391. The molecular weight excluding hydrogens is 436 g/mol. The van der Waals surface area contributed by atoms with E-state index in [9.17, 15) is 18.0 Å². The maximum atomic E-state index is 13.2. The molecular formula is C23H25ClN2O4S. The van der Waals surface area contributed by atoms with Crippen LogP contribution in [0.3, 0.4) is 0 Å². The van der Waals surface area contributed by atoms with Gasteiger partial charge in [0.15, 0.2) is 9.84 Å². The second-order valence-electron chi connectivity index (χ2n) is 8.56. The largest absolute Gasteiger partial charge is 0.347 e. The fourth-order valence-corrected chi connectivity index (χ4v) is 5.41. The molecule has 1 aliphatic carbocycles. The highest BCUT2D eigenvalue weighted by atomic mass is 35.5. The number of hydrogen-bond donors (Lipinski definition) is 1. The van der Waals surface area contributed by atoms with Crippen LogP contribution in [0.5, 0.6) is 0 Å². The van der Waals surface area contributed by atoms with Crippen molar-refractivity contribution in [1.82, 2.24) is 10.2 Å². The lowest BCUT2D eigenvalue weighted by Crippen LogP contribution is -2.46. The van der Waals surface area contributed by atoms with Crippen LogP contribution in [-0.4, -0.2) is 44.0 Å². The van der Waals surface area contributed by atoms with Gasteiger partial charge in [-0.1, -0.05) is 30.7 Å². The molecule has 0 spiro atoms. The van der Waals surface area contributed by atoms with E-state index >= 15 is 0 Å². The highest BCUT2D eigenvalue weighted by molar-refractivity contribution is 7.90. The summed E-state index contributed by atoms with van der Waals surface area (Å²) in [4.78, 5) is 28.0. The average molecular weight is 461 g/mol. The van der Waals surface area contributed by atoms with Crippen molar-refractivity contribution in [3.63, 3.8) is 0 Å². The van der Waals surface area contributed by atoms with E-state index in [0.29, 0.717) is 18.0 Å². The third kappa shape index (κ3) is 4.48. The molecule has 1 heterocycles. The fourth-order valence-electron chi connectivity index (χ4n) is 4.55. The van der Waals surface area contributed by atoms with Crippen molar-refractivity contribution in [2.45, 2.75) is 43.2 Å². The molecule has 1 N–H and O–H groups in total. The maximum absolute atomic E-state index is 13.2. The van der Waals surface area contributed by atoms with Crippen molar-refractivity contribution >= 4 is 33.3 Å². The summed E-state index contributed by atoms with van der Waals surface area (Å²) < 4.78 is 23.7. The number of carbonyl (C=O) groups is 2. The van der Waals surface area contributed by atoms with E-state index in [-0.39, 0.29) is 34.2 Å². The van der Waals surface area contributed by atoms with Gasteiger partial charge in [0, 0.05) is 23.4 Å². The average Bonchev–Trinajstić information content (AvgIpc) is 3.30. The van der Waals surface area contributed by atoms with Gasteiger partial charge in [0.25, 0.3) is 5.91 Å². The number of nitrogens with zero attached hydrogens (tertiary/aromatic N) is 1. The summed E-state index contributed by atoms with van der Waals surface area (Å²) in [5.41, 5.74) is 2.49. The van der Waals surface area contributed by atoms with Crippen LogP contribution in [0.15, 0.2) is 47.4 Å². The Balaban J connectivity index is 1.53. The number of sulfone groups is 1. The molecule has 8 heteroatoms. The Hall–Kier alpha value is -2.38. The molecule has 0 bridgehead atoms. The third-order valence-electron chi connectivity index (χ3n) is 6.08. The lowest BCUT2D eigenvalue weighted by molar-refractivity contribution is -0.125. The lowest BCUT2D eigenvalue weighted by atomic mass is 10.1. The van der Waals surface area contributed by atoms with Crippen molar-refractivity contribution in [3.8, 4) is 0 Å². The van der Waals surface area contributed by atoms with Gasteiger partial charge in [-0.3, -0.25) is 9.59 Å². The van der Waals surface area contributed by atoms with Gasteiger partial charge >= 0.3 is 0 Å². The van der Waals surface area contributed by atoms with Crippen LogP contribution in [0.4, 0.5) is 0 Å². The first-order valence-electron chi connectivity index (χ1n) is 10.3. The van der Waals surface area contributed by atoms with Crippen LogP contribution < -0.4 is 5.32 Å². The van der Waals surface area contributed by atoms with Crippen LogP contribution in [-0.2, 0) is 21.1 Å². The van der Waals surface area contributed by atoms with Crippen LogP contribution >= 0.6 is 11.6 Å². The molecule has 1 saturated heterocycles. The highest BCUT2D eigenvalue weighted by Crippen LogP contribution is 2.34. The molecule has 0 aromatic heterocycles. The number of halogens is 1. The Morgan fingerprint density at radius 3 is 2.68 bits per heavy atom. The van der Waals surface area contributed by atoms with Crippen LogP contribution in [0.2, 0.25) is 5.02 Å². The van der Waals surface area contributed by atoms with Gasteiger partial charge in [-0.15, -0.1) is 0 Å². The summed E-state index contributed by atoms with van der Waals surface area (Å²) in [5.74, 6) is -0.328. The third-order valence-corrected chi connectivity index (χ3v) is 7.43. The molecule has 1 aliphatic heterocycles. The van der Waals surface area contributed by atoms with E-state index in [1.807, 2.05) is 25.1 Å². The predicted molar refractivity (Wildman–Crippen MR) is 119 cm³/mol. The molecule has 3 atom stereocenters. The van der Waals surface area contributed by atoms with E-state index in [2.05, 4.69) is 5.32 Å².